The highest BCUT2D eigenvalue weighted by Crippen LogP contribution is 2.10. The van der Waals surface area contributed by atoms with Crippen molar-refractivity contribution in [2.45, 2.75) is 45.3 Å². The summed E-state index contributed by atoms with van der Waals surface area (Å²) in [6.45, 7) is 4.61. The monoisotopic (exact) mass is 208 g/mol. The lowest BCUT2D eigenvalue weighted by atomic mass is 10.2. The summed E-state index contributed by atoms with van der Waals surface area (Å²) in [5.74, 6) is 0.330. The highest BCUT2D eigenvalue weighted by atomic mass is 35.5. The number of unbranched alkanes of at least 4 members (excludes halogenated alkanes) is 3. The Morgan fingerprint density at radius 1 is 1.08 bits per heavy atom. The number of alkyl halides is 1. The minimum atomic E-state index is -0.438. The van der Waals surface area contributed by atoms with Crippen molar-refractivity contribution in [2.24, 2.45) is 0 Å². The molecule has 0 spiro atoms. The predicted molar refractivity (Wildman–Crippen MR) is 56.2 cm³/mol. The maximum Gasteiger partial charge on any atom is 0.162 e. The Kier molecular flexibility index (Phi) is 7.72. The molecule has 0 fully saturated rings. The quantitative estimate of drug-likeness (QED) is 0.347. The van der Waals surface area contributed by atoms with Gasteiger partial charge in [0.15, 0.2) is 5.79 Å². The van der Waals surface area contributed by atoms with Crippen molar-refractivity contribution in [3.8, 4) is 0 Å². The van der Waals surface area contributed by atoms with Crippen LogP contribution in [0.25, 0.3) is 0 Å². The van der Waals surface area contributed by atoms with E-state index in [1.54, 1.807) is 7.11 Å². The van der Waals surface area contributed by atoms with Crippen LogP contribution in [0.15, 0.2) is 0 Å². The van der Waals surface area contributed by atoms with Gasteiger partial charge in [0.25, 0.3) is 0 Å². The molecule has 0 aliphatic carbocycles. The van der Waals surface area contributed by atoms with E-state index in [9.17, 15) is 0 Å². The van der Waals surface area contributed by atoms with Crippen molar-refractivity contribution in [3.63, 3.8) is 0 Å². The summed E-state index contributed by atoms with van der Waals surface area (Å²) >= 11 is 5.56. The molecular weight excluding hydrogens is 188 g/mol. The van der Waals surface area contributed by atoms with Crippen LogP contribution in [0, 0.1) is 0 Å². The zero-order valence-corrected chi connectivity index (χ0v) is 9.69. The Hall–Kier alpha value is 0.210. The van der Waals surface area contributed by atoms with Gasteiger partial charge < -0.3 is 9.47 Å². The van der Waals surface area contributed by atoms with Crippen LogP contribution < -0.4 is 0 Å². The zero-order chi connectivity index (χ0) is 10.2. The van der Waals surface area contributed by atoms with Crippen molar-refractivity contribution in [2.75, 3.05) is 19.6 Å². The third kappa shape index (κ3) is 8.54. The molecule has 0 saturated heterocycles. The molecular formula is C10H21ClO2. The molecule has 0 heterocycles. The first-order valence-corrected chi connectivity index (χ1v) is 5.41. The molecule has 0 N–H and O–H groups in total. The summed E-state index contributed by atoms with van der Waals surface area (Å²) in [6.07, 6.45) is 4.58. The molecule has 0 aromatic heterocycles. The lowest BCUT2D eigenvalue weighted by molar-refractivity contribution is -0.197. The molecule has 0 aliphatic rings. The highest BCUT2D eigenvalue weighted by Gasteiger charge is 2.15. The molecule has 0 bridgehead atoms. The molecule has 0 aliphatic heterocycles. The Morgan fingerprint density at radius 3 is 2.23 bits per heavy atom. The van der Waals surface area contributed by atoms with Gasteiger partial charge in [-0.2, -0.15) is 0 Å². The third-order valence-electron chi connectivity index (χ3n) is 1.97. The van der Waals surface area contributed by atoms with E-state index in [4.69, 9.17) is 21.1 Å². The van der Waals surface area contributed by atoms with Crippen LogP contribution in [0.2, 0.25) is 0 Å². The largest absolute Gasteiger partial charge is 0.354 e. The van der Waals surface area contributed by atoms with E-state index in [2.05, 4.69) is 0 Å². The number of halogens is 1. The van der Waals surface area contributed by atoms with Gasteiger partial charge in [-0.25, -0.2) is 0 Å². The normalized spacial score (nSPS) is 12.0. The Balaban J connectivity index is 3.16. The summed E-state index contributed by atoms with van der Waals surface area (Å²) < 4.78 is 10.6. The van der Waals surface area contributed by atoms with Gasteiger partial charge in [0.05, 0.1) is 0 Å². The average Bonchev–Trinajstić information content (AvgIpc) is 2.11. The fraction of sp³-hybridized carbons (Fsp3) is 1.00. The smallest absolute Gasteiger partial charge is 0.162 e. The number of methoxy groups -OCH3 is 1. The summed E-state index contributed by atoms with van der Waals surface area (Å²) in [4.78, 5) is 0. The highest BCUT2D eigenvalue weighted by molar-refractivity contribution is 6.17. The first-order valence-electron chi connectivity index (χ1n) is 4.87. The molecule has 0 atom stereocenters. The molecule has 0 aromatic rings. The Bertz CT molecular complexity index is 115. The third-order valence-corrected chi connectivity index (χ3v) is 2.24. The van der Waals surface area contributed by atoms with Crippen LogP contribution in [0.5, 0.6) is 0 Å². The molecule has 3 heteroatoms. The maximum absolute atomic E-state index is 5.56. The van der Waals surface area contributed by atoms with Crippen LogP contribution in [-0.4, -0.2) is 25.4 Å². The number of hydrogen-bond donors (Lipinski definition) is 0. The fourth-order valence-corrected chi connectivity index (χ4v) is 1.12. The van der Waals surface area contributed by atoms with Crippen molar-refractivity contribution < 1.29 is 9.47 Å². The Labute approximate surface area is 86.6 Å². The van der Waals surface area contributed by atoms with Crippen molar-refractivity contribution in [1.29, 1.82) is 0 Å². The number of rotatable bonds is 8. The average molecular weight is 209 g/mol. The summed E-state index contributed by atoms with van der Waals surface area (Å²) in [5, 5.41) is 0. The summed E-state index contributed by atoms with van der Waals surface area (Å²) in [7, 11) is 1.66. The molecule has 80 valence electrons. The second kappa shape index (κ2) is 7.60. The van der Waals surface area contributed by atoms with Crippen LogP contribution in [0.3, 0.4) is 0 Å². The standard InChI is InChI=1S/C10H21ClO2/c1-10(2,12-3)13-9-7-5-4-6-8-11/h4-9H2,1-3H3. The molecule has 0 radical (unpaired) electrons. The van der Waals surface area contributed by atoms with E-state index in [0.29, 0.717) is 0 Å². The summed E-state index contributed by atoms with van der Waals surface area (Å²) in [6, 6.07) is 0. The lowest BCUT2D eigenvalue weighted by Crippen LogP contribution is -2.26. The predicted octanol–water partition coefficient (Wildman–Crippen LogP) is 3.18. The van der Waals surface area contributed by atoms with E-state index >= 15 is 0 Å². The van der Waals surface area contributed by atoms with Crippen molar-refractivity contribution in [3.05, 3.63) is 0 Å². The van der Waals surface area contributed by atoms with Crippen LogP contribution in [0.1, 0.15) is 39.5 Å². The summed E-state index contributed by atoms with van der Waals surface area (Å²) in [5.41, 5.74) is 0. The van der Waals surface area contributed by atoms with E-state index in [1.165, 1.54) is 12.8 Å². The molecule has 2 nitrogen and oxygen atoms in total. The molecule has 0 rings (SSSR count). The minimum Gasteiger partial charge on any atom is -0.354 e. The van der Waals surface area contributed by atoms with Crippen molar-refractivity contribution >= 4 is 11.6 Å². The first kappa shape index (κ1) is 13.2. The molecule has 0 amide bonds. The van der Waals surface area contributed by atoms with E-state index < -0.39 is 5.79 Å². The fourth-order valence-electron chi connectivity index (χ4n) is 0.927. The van der Waals surface area contributed by atoms with Gasteiger partial charge in [0.1, 0.15) is 0 Å². The zero-order valence-electron chi connectivity index (χ0n) is 8.94. The Morgan fingerprint density at radius 2 is 1.69 bits per heavy atom. The van der Waals surface area contributed by atoms with Crippen LogP contribution in [-0.2, 0) is 9.47 Å². The van der Waals surface area contributed by atoms with Crippen LogP contribution >= 0.6 is 11.6 Å². The van der Waals surface area contributed by atoms with Gasteiger partial charge in [-0.15, -0.1) is 11.6 Å². The SMILES string of the molecule is COC(C)(C)OCCCCCCCl. The maximum atomic E-state index is 5.56. The first-order chi connectivity index (χ1) is 6.12. The second-order valence-corrected chi connectivity index (χ2v) is 3.93. The topological polar surface area (TPSA) is 18.5 Å². The number of hydrogen-bond acceptors (Lipinski definition) is 2. The van der Waals surface area contributed by atoms with Gasteiger partial charge in [-0.1, -0.05) is 12.8 Å². The molecule has 13 heavy (non-hydrogen) atoms. The number of ether oxygens (including phenoxy) is 2. The lowest BCUT2D eigenvalue weighted by Gasteiger charge is -2.23. The van der Waals surface area contributed by atoms with Gasteiger partial charge in [-0.05, 0) is 26.7 Å². The van der Waals surface area contributed by atoms with Crippen LogP contribution in [0.4, 0.5) is 0 Å². The molecule has 0 unspecified atom stereocenters. The van der Waals surface area contributed by atoms with E-state index in [0.717, 1.165) is 25.3 Å². The second-order valence-electron chi connectivity index (χ2n) is 3.56. The van der Waals surface area contributed by atoms with Gasteiger partial charge in [0.2, 0.25) is 0 Å². The van der Waals surface area contributed by atoms with Gasteiger partial charge in [0, 0.05) is 19.6 Å². The van der Waals surface area contributed by atoms with E-state index in [-0.39, 0.29) is 0 Å². The molecule has 0 saturated carbocycles. The van der Waals surface area contributed by atoms with Crippen molar-refractivity contribution in [1.82, 2.24) is 0 Å². The minimum absolute atomic E-state index is 0.438. The van der Waals surface area contributed by atoms with Gasteiger partial charge in [-0.3, -0.25) is 0 Å². The van der Waals surface area contributed by atoms with E-state index in [1.807, 2.05) is 13.8 Å². The van der Waals surface area contributed by atoms with Gasteiger partial charge >= 0.3 is 0 Å². The molecule has 0 aromatic carbocycles.